The van der Waals surface area contributed by atoms with Gasteiger partial charge in [0.25, 0.3) is 0 Å². The van der Waals surface area contributed by atoms with E-state index in [4.69, 9.17) is 5.73 Å². The molecule has 1 amide bonds. The van der Waals surface area contributed by atoms with Crippen LogP contribution in [0.5, 0.6) is 0 Å². The highest BCUT2D eigenvalue weighted by Crippen LogP contribution is 2.15. The highest BCUT2D eigenvalue weighted by Gasteiger charge is 2.28. The van der Waals surface area contributed by atoms with Crippen LogP contribution in [0.1, 0.15) is 6.42 Å². The molecule has 1 fully saturated rings. The highest BCUT2D eigenvalue weighted by molar-refractivity contribution is 5.87. The molecule has 0 spiro atoms. The molecule has 1 heterocycles. The molecule has 1 unspecified atom stereocenters. The van der Waals surface area contributed by atoms with Crippen LogP contribution in [0.2, 0.25) is 0 Å². The largest absolute Gasteiger partial charge is 0.335 e. The third-order valence-corrected chi connectivity index (χ3v) is 1.87. The molecule has 1 aliphatic rings. The molecular formula is C7H12N2O. The van der Waals surface area contributed by atoms with E-state index in [0.29, 0.717) is 6.54 Å². The van der Waals surface area contributed by atoms with E-state index in [2.05, 4.69) is 6.58 Å². The lowest BCUT2D eigenvalue weighted by molar-refractivity contribution is -0.132. The summed E-state index contributed by atoms with van der Waals surface area (Å²) in [4.78, 5) is 12.7. The molecule has 10 heavy (non-hydrogen) atoms. The van der Waals surface area contributed by atoms with Gasteiger partial charge in [-0.3, -0.25) is 4.79 Å². The first-order valence-corrected chi connectivity index (χ1v) is 3.42. The number of nitrogens with zero attached hydrogens (tertiary/aromatic N) is 1. The molecule has 0 radical (unpaired) electrons. The summed E-state index contributed by atoms with van der Waals surface area (Å²) in [6.07, 6.45) is 2.37. The normalized spacial score (nSPS) is 23.7. The summed E-state index contributed by atoms with van der Waals surface area (Å²) in [5.41, 5.74) is 5.39. The van der Waals surface area contributed by atoms with E-state index in [1.54, 1.807) is 4.90 Å². The highest BCUT2D eigenvalue weighted by atomic mass is 16.2. The molecule has 56 valence electrons. The number of amides is 1. The SMILES string of the molecule is C=CC(=O)N1CCC1CN. The quantitative estimate of drug-likeness (QED) is 0.537. The zero-order valence-corrected chi connectivity index (χ0v) is 5.92. The Balaban J connectivity index is 2.42. The Hall–Kier alpha value is -0.830. The van der Waals surface area contributed by atoms with Crippen molar-refractivity contribution < 1.29 is 4.79 Å². The number of carbonyl (C=O) groups excluding carboxylic acids is 1. The van der Waals surface area contributed by atoms with E-state index in [9.17, 15) is 4.79 Å². The number of likely N-dealkylation sites (tertiary alicyclic amines) is 1. The maximum atomic E-state index is 10.9. The van der Waals surface area contributed by atoms with Crippen molar-refractivity contribution in [2.24, 2.45) is 5.73 Å². The van der Waals surface area contributed by atoms with Crippen molar-refractivity contribution in [3.8, 4) is 0 Å². The van der Waals surface area contributed by atoms with Gasteiger partial charge in [0.2, 0.25) is 5.91 Å². The fourth-order valence-electron chi connectivity index (χ4n) is 1.09. The van der Waals surface area contributed by atoms with Gasteiger partial charge < -0.3 is 10.6 Å². The number of rotatable bonds is 2. The van der Waals surface area contributed by atoms with Crippen molar-refractivity contribution >= 4 is 5.91 Å². The van der Waals surface area contributed by atoms with Gasteiger partial charge in [-0.15, -0.1) is 0 Å². The van der Waals surface area contributed by atoms with Crippen molar-refractivity contribution in [2.75, 3.05) is 13.1 Å². The smallest absolute Gasteiger partial charge is 0.246 e. The third-order valence-electron chi connectivity index (χ3n) is 1.87. The minimum atomic E-state index is 0.00157. The van der Waals surface area contributed by atoms with Crippen molar-refractivity contribution in [1.82, 2.24) is 4.90 Å². The van der Waals surface area contributed by atoms with Crippen molar-refractivity contribution in [2.45, 2.75) is 12.5 Å². The molecule has 0 bridgehead atoms. The lowest BCUT2D eigenvalue weighted by atomic mass is 10.0. The summed E-state index contributed by atoms with van der Waals surface area (Å²) in [6.45, 7) is 4.81. The minimum absolute atomic E-state index is 0.00157. The summed E-state index contributed by atoms with van der Waals surface area (Å²) in [7, 11) is 0. The van der Waals surface area contributed by atoms with Crippen LogP contribution < -0.4 is 5.73 Å². The zero-order valence-electron chi connectivity index (χ0n) is 5.92. The van der Waals surface area contributed by atoms with Crippen LogP contribution in [-0.2, 0) is 4.79 Å². The van der Waals surface area contributed by atoms with E-state index in [-0.39, 0.29) is 11.9 Å². The van der Waals surface area contributed by atoms with Gasteiger partial charge in [-0.05, 0) is 12.5 Å². The molecule has 0 saturated carbocycles. The maximum Gasteiger partial charge on any atom is 0.246 e. The van der Waals surface area contributed by atoms with E-state index in [1.807, 2.05) is 0 Å². The van der Waals surface area contributed by atoms with Crippen LogP contribution in [0.4, 0.5) is 0 Å². The Labute approximate surface area is 60.5 Å². The molecule has 3 nitrogen and oxygen atoms in total. The van der Waals surface area contributed by atoms with Gasteiger partial charge in [-0.1, -0.05) is 6.58 Å². The molecule has 0 aromatic carbocycles. The predicted molar refractivity (Wildman–Crippen MR) is 39.4 cm³/mol. The van der Waals surface area contributed by atoms with E-state index >= 15 is 0 Å². The second kappa shape index (κ2) is 2.84. The average Bonchev–Trinajstić information content (AvgIpc) is 1.86. The Morgan fingerprint density at radius 1 is 1.90 bits per heavy atom. The van der Waals surface area contributed by atoms with Crippen molar-refractivity contribution in [3.05, 3.63) is 12.7 Å². The molecule has 1 rings (SSSR count). The van der Waals surface area contributed by atoms with Gasteiger partial charge in [-0.25, -0.2) is 0 Å². The van der Waals surface area contributed by atoms with Gasteiger partial charge in [-0.2, -0.15) is 0 Å². The molecule has 1 atom stereocenters. The van der Waals surface area contributed by atoms with Crippen LogP contribution in [0.15, 0.2) is 12.7 Å². The van der Waals surface area contributed by atoms with E-state index in [1.165, 1.54) is 6.08 Å². The van der Waals surface area contributed by atoms with E-state index in [0.717, 1.165) is 13.0 Å². The summed E-state index contributed by atoms with van der Waals surface area (Å²) in [6, 6.07) is 0.269. The van der Waals surface area contributed by atoms with Crippen LogP contribution in [0, 0.1) is 0 Å². The first-order valence-electron chi connectivity index (χ1n) is 3.42. The van der Waals surface area contributed by atoms with Gasteiger partial charge in [0.05, 0.1) is 0 Å². The maximum absolute atomic E-state index is 10.9. The molecule has 1 saturated heterocycles. The second-order valence-electron chi connectivity index (χ2n) is 2.41. The number of carbonyl (C=O) groups is 1. The summed E-state index contributed by atoms with van der Waals surface area (Å²) < 4.78 is 0. The van der Waals surface area contributed by atoms with Crippen LogP contribution in [0.25, 0.3) is 0 Å². The Morgan fingerprint density at radius 3 is 2.90 bits per heavy atom. The third kappa shape index (κ3) is 1.04. The van der Waals surface area contributed by atoms with E-state index < -0.39 is 0 Å². The first-order chi connectivity index (χ1) is 4.79. The Bertz CT molecular complexity index is 154. The van der Waals surface area contributed by atoms with Gasteiger partial charge >= 0.3 is 0 Å². The fourth-order valence-corrected chi connectivity index (χ4v) is 1.09. The minimum Gasteiger partial charge on any atom is -0.335 e. The standard InChI is InChI=1S/C7H12N2O/c1-2-7(10)9-4-3-6(9)5-8/h2,6H,1,3-5,8H2. The zero-order chi connectivity index (χ0) is 7.56. The lowest BCUT2D eigenvalue weighted by Crippen LogP contribution is -2.53. The number of hydrogen-bond acceptors (Lipinski definition) is 2. The average molecular weight is 140 g/mol. The summed E-state index contributed by atoms with van der Waals surface area (Å²) >= 11 is 0. The molecule has 3 heteroatoms. The van der Waals surface area contributed by atoms with Crippen molar-refractivity contribution in [1.29, 1.82) is 0 Å². The van der Waals surface area contributed by atoms with Crippen molar-refractivity contribution in [3.63, 3.8) is 0 Å². The van der Waals surface area contributed by atoms with Gasteiger partial charge in [0, 0.05) is 19.1 Å². The van der Waals surface area contributed by atoms with Crippen LogP contribution >= 0.6 is 0 Å². The number of hydrogen-bond donors (Lipinski definition) is 1. The monoisotopic (exact) mass is 140 g/mol. The van der Waals surface area contributed by atoms with Crippen LogP contribution in [0.3, 0.4) is 0 Å². The molecule has 0 aromatic rings. The molecule has 0 aromatic heterocycles. The molecule has 2 N–H and O–H groups in total. The first kappa shape index (κ1) is 7.28. The molecule has 0 aliphatic carbocycles. The summed E-state index contributed by atoms with van der Waals surface area (Å²) in [5.74, 6) is 0.00157. The molecular weight excluding hydrogens is 128 g/mol. The molecule has 1 aliphatic heterocycles. The Morgan fingerprint density at radius 2 is 2.60 bits per heavy atom. The van der Waals surface area contributed by atoms with Gasteiger partial charge in [0.1, 0.15) is 0 Å². The topological polar surface area (TPSA) is 46.3 Å². The predicted octanol–water partition coefficient (Wildman–Crippen LogP) is -0.268. The van der Waals surface area contributed by atoms with Gasteiger partial charge in [0.15, 0.2) is 0 Å². The number of nitrogens with two attached hydrogens (primary N) is 1. The van der Waals surface area contributed by atoms with Crippen LogP contribution in [-0.4, -0.2) is 29.9 Å². The fraction of sp³-hybridized carbons (Fsp3) is 0.571. The lowest BCUT2D eigenvalue weighted by Gasteiger charge is -2.39. The second-order valence-corrected chi connectivity index (χ2v) is 2.41. The summed E-state index contributed by atoms with van der Waals surface area (Å²) in [5, 5.41) is 0. The Kier molecular flexibility index (Phi) is 2.06.